The molecule has 0 spiro atoms. The summed E-state index contributed by atoms with van der Waals surface area (Å²) in [7, 11) is 0. The van der Waals surface area contributed by atoms with Crippen molar-refractivity contribution in [2.75, 3.05) is 19.6 Å². The van der Waals surface area contributed by atoms with E-state index in [2.05, 4.69) is 33.7 Å². The molecule has 36 heavy (non-hydrogen) atoms. The fourth-order valence-corrected chi connectivity index (χ4v) is 3.00. The molecule has 0 aromatic carbocycles. The molecule has 14 heteroatoms. The van der Waals surface area contributed by atoms with Gasteiger partial charge in [0.2, 0.25) is 0 Å². The number of rotatable bonds is 4. The van der Waals surface area contributed by atoms with Gasteiger partial charge in [-0.15, -0.1) is 0 Å². The lowest BCUT2D eigenvalue weighted by molar-refractivity contribution is -0.193. The Morgan fingerprint density at radius 1 is 0.944 bits per heavy atom. The van der Waals surface area contributed by atoms with Crippen LogP contribution in [0.5, 0.6) is 0 Å². The first-order chi connectivity index (χ1) is 16.6. The summed E-state index contributed by atoms with van der Waals surface area (Å²) in [5.41, 5.74) is 4.76. The van der Waals surface area contributed by atoms with Crippen molar-refractivity contribution in [3.63, 3.8) is 0 Å². The van der Waals surface area contributed by atoms with Gasteiger partial charge < -0.3 is 15.1 Å². The van der Waals surface area contributed by atoms with Crippen LogP contribution in [0.25, 0.3) is 11.3 Å². The van der Waals surface area contributed by atoms with Gasteiger partial charge in [-0.2, -0.15) is 26.3 Å². The summed E-state index contributed by atoms with van der Waals surface area (Å²) in [6, 6.07) is 4.06. The Kier molecular flexibility index (Phi) is 11.7. The monoisotopic (exact) mass is 524 g/mol. The first-order valence-corrected chi connectivity index (χ1v) is 10.7. The Morgan fingerprint density at radius 2 is 1.44 bits per heavy atom. The molecule has 0 radical (unpaired) electrons. The van der Waals surface area contributed by atoms with Crippen LogP contribution in [0, 0.1) is 5.92 Å². The van der Waals surface area contributed by atoms with Crippen LogP contribution in [0.4, 0.5) is 26.3 Å². The number of hydrogen-bond donors (Lipinski definition) is 2. The molecule has 0 bridgehead atoms. The number of aliphatic carboxylic acids is 2. The number of carboxylic acids is 2. The fraction of sp³-hybridized carbons (Fsp3) is 0.500. The SMILES string of the molecule is CC(C)CCN1CCc2ncnc(-c3ccncc3)c2CC1.O=C(O)C(F)(F)F.O=C(O)C(F)(F)F. The zero-order valence-electron chi connectivity index (χ0n) is 19.5. The van der Waals surface area contributed by atoms with Crippen LogP contribution in [0.2, 0.25) is 0 Å². The Hall–Kier alpha value is -3.29. The molecule has 0 unspecified atom stereocenters. The minimum atomic E-state index is -5.08. The Morgan fingerprint density at radius 3 is 1.92 bits per heavy atom. The third kappa shape index (κ3) is 11.0. The zero-order chi connectivity index (χ0) is 27.5. The first-order valence-electron chi connectivity index (χ1n) is 10.7. The third-order valence-electron chi connectivity index (χ3n) is 4.84. The number of carboxylic acid groups (broad SMARTS) is 2. The van der Waals surface area contributed by atoms with E-state index in [0.29, 0.717) is 0 Å². The van der Waals surface area contributed by atoms with Crippen LogP contribution in [0.3, 0.4) is 0 Å². The maximum atomic E-state index is 10.6. The van der Waals surface area contributed by atoms with Crippen molar-refractivity contribution in [1.29, 1.82) is 0 Å². The maximum Gasteiger partial charge on any atom is 0.490 e. The second-order valence-corrected chi connectivity index (χ2v) is 8.01. The summed E-state index contributed by atoms with van der Waals surface area (Å²) in [6.45, 7) is 7.97. The van der Waals surface area contributed by atoms with E-state index >= 15 is 0 Å². The minimum Gasteiger partial charge on any atom is -0.475 e. The predicted octanol–water partition coefficient (Wildman–Crippen LogP) is 4.25. The highest BCUT2D eigenvalue weighted by molar-refractivity contribution is 5.73. The van der Waals surface area contributed by atoms with Gasteiger partial charge in [0.15, 0.2) is 0 Å². The van der Waals surface area contributed by atoms with Gasteiger partial charge >= 0.3 is 24.3 Å². The molecule has 0 amide bonds. The summed E-state index contributed by atoms with van der Waals surface area (Å²) < 4.78 is 63.5. The molecule has 1 aliphatic rings. The Balaban J connectivity index is 0.000000383. The second-order valence-electron chi connectivity index (χ2n) is 8.01. The lowest BCUT2D eigenvalue weighted by Gasteiger charge is -2.20. The van der Waals surface area contributed by atoms with Crippen molar-refractivity contribution < 1.29 is 46.1 Å². The molecule has 0 aliphatic carbocycles. The van der Waals surface area contributed by atoms with Gasteiger partial charge in [-0.1, -0.05) is 13.8 Å². The molecule has 0 saturated carbocycles. The van der Waals surface area contributed by atoms with E-state index in [9.17, 15) is 26.3 Å². The van der Waals surface area contributed by atoms with E-state index in [0.717, 1.165) is 43.1 Å². The van der Waals surface area contributed by atoms with Crippen LogP contribution in [-0.2, 0) is 22.4 Å². The molecule has 1 aliphatic heterocycles. The molecule has 200 valence electrons. The topological polar surface area (TPSA) is 117 Å². The lowest BCUT2D eigenvalue weighted by atomic mass is 10.0. The zero-order valence-corrected chi connectivity index (χ0v) is 19.5. The van der Waals surface area contributed by atoms with Gasteiger partial charge in [0.25, 0.3) is 0 Å². The molecule has 2 N–H and O–H groups in total. The van der Waals surface area contributed by atoms with Crippen LogP contribution < -0.4 is 0 Å². The smallest absolute Gasteiger partial charge is 0.475 e. The molecular formula is C22H26F6N4O4. The van der Waals surface area contributed by atoms with Crippen molar-refractivity contribution in [1.82, 2.24) is 19.9 Å². The number of alkyl halides is 6. The van der Waals surface area contributed by atoms with Gasteiger partial charge in [0.05, 0.1) is 5.69 Å². The molecule has 0 atom stereocenters. The molecule has 0 fully saturated rings. The van der Waals surface area contributed by atoms with E-state index in [1.165, 1.54) is 24.2 Å². The maximum absolute atomic E-state index is 10.6. The molecule has 2 aromatic rings. The van der Waals surface area contributed by atoms with Crippen molar-refractivity contribution >= 4 is 11.9 Å². The van der Waals surface area contributed by atoms with Gasteiger partial charge in [0, 0.05) is 48.7 Å². The van der Waals surface area contributed by atoms with Crippen LogP contribution >= 0.6 is 0 Å². The van der Waals surface area contributed by atoms with E-state index in [4.69, 9.17) is 19.8 Å². The Bertz CT molecular complexity index is 961. The number of fused-ring (bicyclic) bond motifs is 1. The van der Waals surface area contributed by atoms with E-state index < -0.39 is 24.3 Å². The van der Waals surface area contributed by atoms with Gasteiger partial charge in [-0.3, -0.25) is 4.98 Å². The molecule has 0 saturated heterocycles. The number of halogens is 6. The quantitative estimate of drug-likeness (QED) is 0.571. The molecule has 8 nitrogen and oxygen atoms in total. The second kappa shape index (κ2) is 13.7. The summed E-state index contributed by atoms with van der Waals surface area (Å²) in [6.07, 6.45) is -1.48. The van der Waals surface area contributed by atoms with Crippen molar-refractivity contribution in [2.45, 2.75) is 45.5 Å². The van der Waals surface area contributed by atoms with Crippen molar-refractivity contribution in [3.8, 4) is 11.3 Å². The van der Waals surface area contributed by atoms with E-state index in [1.54, 1.807) is 6.33 Å². The van der Waals surface area contributed by atoms with Crippen molar-refractivity contribution in [3.05, 3.63) is 42.1 Å². The molecule has 3 rings (SSSR count). The average Bonchev–Trinajstić information content (AvgIpc) is 3.00. The lowest BCUT2D eigenvalue weighted by Crippen LogP contribution is -2.28. The first kappa shape index (κ1) is 30.7. The summed E-state index contributed by atoms with van der Waals surface area (Å²) in [5, 5.41) is 14.2. The van der Waals surface area contributed by atoms with E-state index in [-0.39, 0.29) is 0 Å². The minimum absolute atomic E-state index is 0.762. The van der Waals surface area contributed by atoms with Crippen LogP contribution in [0.15, 0.2) is 30.9 Å². The number of aromatic nitrogens is 3. The van der Waals surface area contributed by atoms with E-state index in [1.807, 2.05) is 24.5 Å². The molecular weight excluding hydrogens is 498 g/mol. The molecule has 2 aromatic heterocycles. The number of pyridine rings is 1. The summed E-state index contributed by atoms with van der Waals surface area (Å²) in [5.74, 6) is -4.75. The number of nitrogens with zero attached hydrogens (tertiary/aromatic N) is 4. The summed E-state index contributed by atoms with van der Waals surface area (Å²) >= 11 is 0. The standard InChI is InChI=1S/C18H24N4.2C2HF3O2/c1-14(2)5-10-22-11-6-16-17(7-12-22)20-13-21-18(16)15-3-8-19-9-4-15;2*3-2(4,5)1(6)7/h3-4,8-9,13-14H,5-7,10-12H2,1-2H3;2*(H,6,7). The third-order valence-corrected chi connectivity index (χ3v) is 4.84. The Labute approximate surface area is 203 Å². The van der Waals surface area contributed by atoms with Crippen molar-refractivity contribution in [2.24, 2.45) is 5.92 Å². The van der Waals surface area contributed by atoms with Crippen LogP contribution in [-0.4, -0.2) is 74.0 Å². The highest BCUT2D eigenvalue weighted by Gasteiger charge is 2.38. The highest BCUT2D eigenvalue weighted by atomic mass is 19.4. The average molecular weight is 524 g/mol. The summed E-state index contributed by atoms with van der Waals surface area (Å²) in [4.78, 5) is 33.5. The van der Waals surface area contributed by atoms with Gasteiger partial charge in [-0.05, 0) is 37.4 Å². The largest absolute Gasteiger partial charge is 0.490 e. The molecule has 3 heterocycles. The van der Waals surface area contributed by atoms with Gasteiger partial charge in [-0.25, -0.2) is 19.6 Å². The number of hydrogen-bond acceptors (Lipinski definition) is 6. The normalized spacial score (nSPS) is 13.9. The predicted molar refractivity (Wildman–Crippen MR) is 116 cm³/mol. The highest BCUT2D eigenvalue weighted by Crippen LogP contribution is 2.25. The number of carbonyl (C=O) groups is 2. The van der Waals surface area contributed by atoms with Gasteiger partial charge in [0.1, 0.15) is 6.33 Å². The fourth-order valence-electron chi connectivity index (χ4n) is 3.00. The van der Waals surface area contributed by atoms with Crippen LogP contribution in [0.1, 0.15) is 31.5 Å².